The summed E-state index contributed by atoms with van der Waals surface area (Å²) in [7, 11) is 11.3. The first kappa shape index (κ1) is 100. The number of fused-ring (bicyclic) bond motifs is 16. The van der Waals surface area contributed by atoms with Gasteiger partial charge in [-0.3, -0.25) is 39.9 Å². The largest absolute Gasteiger partial charge is 1.00 e. The Morgan fingerprint density at radius 3 is 1.16 bits per heavy atom. The van der Waals surface area contributed by atoms with E-state index in [-0.39, 0.29) is 164 Å². The number of carboxylic acid groups (broad SMARTS) is 1. The summed E-state index contributed by atoms with van der Waals surface area (Å²) in [5, 5.41) is 24.3. The van der Waals surface area contributed by atoms with Gasteiger partial charge in [0.15, 0.2) is 46.0 Å². The van der Waals surface area contributed by atoms with Crippen LogP contribution in [0.2, 0.25) is 5.28 Å². The Hall–Kier alpha value is -13.5. The molecule has 0 aliphatic carbocycles. The standard InChI is InChI=1S/C30H27N3O4.C21H21N3O3.C20H18N2O4.C19H16N2O4.C5H6ClN3O2.3CH4.2ClH.Li.H2O/c1-32(2)30(35)24-17-22-21-10-6-7-11-23(21)31-28(22)29(20-13-14-25-26(16-20)37-18-36-25)33(24)27(34)15-12-19-8-4-3-5-9-19;1-24(2)21(25)16-10-14-13-5-3-4-6-15(13)22-20(14)19(23-16)12-7-8-17-18(9-12)27-11-26-17;1-24-20(23)15-9-13-12-4-2-3-5-14(12)21-19(13)18(22-15)11-6-7-16-17(8-11)26-10-25-16;22-19(23)14-8-12-11-3-1-2-4-13(11)20-18(12)17(21-14)10-5-6-15-16(7-10)25-9-24-15;1-10-4-7-3(6)8-5(9-4)11-2;;;;;;;/h3-16,24,29,31H,17-18H2,1-2H3;3-9,16,19,22-23H,10-11H2,1-2H3;2-8,15,18,21-22H,9-10H2,1H3;1-7,14,17,20-21H,8-9H2,(H,22,23);1-2H3;3*1H4;2*1H;;1H2/q;;;;;;;;;;+1;/p-1/b15-12+;;;;;;;;;;;/t24-,29-;16-,19-;15-,18-;14-,17-;;;;;;;;/m1111......../s1. The Kier molecular flexibility index (Phi) is 32.6. The van der Waals surface area contributed by atoms with Gasteiger partial charge in [-0.25, -0.2) is 0 Å². The Balaban J connectivity index is 0.000000163. The van der Waals surface area contributed by atoms with E-state index in [1.807, 2.05) is 170 Å². The van der Waals surface area contributed by atoms with Crippen molar-refractivity contribution in [1.82, 2.24) is 65.5 Å². The first-order valence-electron chi connectivity index (χ1n) is 40.9. The van der Waals surface area contributed by atoms with Crippen LogP contribution >= 0.6 is 36.4 Å². The molecule has 35 heteroatoms. The van der Waals surface area contributed by atoms with Crippen LogP contribution in [0, 0.1) is 0 Å². The zero-order valence-electron chi connectivity index (χ0n) is 71.8. The molecule has 3 amide bonds. The molecule has 0 spiro atoms. The number of aliphatic carboxylic acids is 1. The van der Waals surface area contributed by atoms with Crippen LogP contribution < -0.4 is 82.2 Å². The van der Waals surface area contributed by atoms with Gasteiger partial charge < -0.3 is 97.3 Å². The van der Waals surface area contributed by atoms with Crippen molar-refractivity contribution < 1.29 is 106 Å². The molecule has 8 aliphatic rings. The minimum Gasteiger partial charge on any atom is -0.870 e. The Bertz CT molecular complexity index is 6550. The number of halogens is 3. The van der Waals surface area contributed by atoms with Gasteiger partial charge in [0.1, 0.15) is 18.1 Å². The van der Waals surface area contributed by atoms with Crippen LogP contribution in [-0.2, 0) is 54.4 Å². The second kappa shape index (κ2) is 43.3. The van der Waals surface area contributed by atoms with Gasteiger partial charge in [-0.1, -0.05) is 150 Å². The molecule has 0 unspecified atom stereocenters. The first-order valence-corrected chi connectivity index (χ1v) is 41.2. The molecule has 0 saturated heterocycles. The fourth-order valence-corrected chi connectivity index (χ4v) is 17.6. The molecule has 22 rings (SSSR count). The topological polar surface area (TPSA) is 385 Å². The van der Waals surface area contributed by atoms with Crippen molar-refractivity contribution in [2.75, 3.05) is 76.7 Å². The number of carbonyl (C=O) groups excluding carboxylic acids is 4. The van der Waals surface area contributed by atoms with Crippen molar-refractivity contribution in [2.45, 2.75) is 96.3 Å². The number of carbonyl (C=O) groups is 5. The summed E-state index contributed by atoms with van der Waals surface area (Å²) < 4.78 is 58.4. The molecule has 31 nitrogen and oxygen atoms in total. The Morgan fingerprint density at radius 2 is 0.767 bits per heavy atom. The van der Waals surface area contributed by atoms with Gasteiger partial charge in [0.05, 0.1) is 51.5 Å². The third kappa shape index (κ3) is 20.3. The van der Waals surface area contributed by atoms with Gasteiger partial charge in [-0.05, 0) is 147 Å². The van der Waals surface area contributed by atoms with E-state index in [1.165, 1.54) is 32.3 Å². The number of ether oxygens (including phenoxy) is 11. The van der Waals surface area contributed by atoms with E-state index < -0.39 is 30.1 Å². The zero-order valence-corrected chi connectivity index (χ0v) is 74.2. The monoisotopic (exact) mass is 1860 g/mol. The maximum absolute atomic E-state index is 13.9. The first-order chi connectivity index (χ1) is 61.3. The van der Waals surface area contributed by atoms with Crippen LogP contribution in [0.5, 0.6) is 58.0 Å². The number of hydrogen-bond donors (Lipinski definition) is 8. The van der Waals surface area contributed by atoms with Crippen LogP contribution in [0.3, 0.4) is 0 Å². The molecule has 9 N–H and O–H groups in total. The molecule has 8 aliphatic heterocycles. The molecule has 0 fully saturated rings. The molecule has 8 atom stereocenters. The number of nitrogens with one attached hydrogen (secondary N) is 7. The third-order valence-corrected chi connectivity index (χ3v) is 23.6. The number of H-pyrrole nitrogens is 4. The Morgan fingerprint density at radius 1 is 0.429 bits per heavy atom. The summed E-state index contributed by atoms with van der Waals surface area (Å²) in [5.74, 6) is 4.28. The fraction of sp³-hybridized carbons (Fsp3) is 0.265. The number of aromatic amines is 4. The van der Waals surface area contributed by atoms with E-state index in [1.54, 1.807) is 55.0 Å². The van der Waals surface area contributed by atoms with Gasteiger partial charge >= 0.3 is 42.8 Å². The summed E-state index contributed by atoms with van der Waals surface area (Å²) in [6.45, 7) is 0.854. The fourth-order valence-electron chi connectivity index (χ4n) is 17.5. The normalized spacial score (nSPS) is 18.1. The summed E-state index contributed by atoms with van der Waals surface area (Å²) >= 11 is 5.49. The van der Waals surface area contributed by atoms with E-state index in [0.717, 1.165) is 129 Å². The van der Waals surface area contributed by atoms with Crippen molar-refractivity contribution in [3.05, 3.63) is 284 Å². The molecule has 690 valence electrons. The number of methoxy groups -OCH3 is 3. The maximum Gasteiger partial charge on any atom is 1.00 e. The van der Waals surface area contributed by atoms with Crippen molar-refractivity contribution in [3.8, 4) is 58.0 Å². The van der Waals surface area contributed by atoms with Crippen LogP contribution in [0.4, 0.5) is 0 Å². The number of hydrogen-bond acceptors (Lipinski definition) is 23. The van der Waals surface area contributed by atoms with Crippen molar-refractivity contribution in [3.63, 3.8) is 0 Å². The van der Waals surface area contributed by atoms with E-state index in [0.29, 0.717) is 48.7 Å². The summed E-state index contributed by atoms with van der Waals surface area (Å²) in [5.41, 5.74) is 17.5. The molecule has 0 saturated carbocycles. The predicted molar refractivity (Wildman–Crippen MR) is 504 cm³/mol. The Labute approximate surface area is 797 Å². The molecule has 14 aromatic rings. The number of amides is 3. The molecule has 5 aromatic heterocycles. The minimum atomic E-state index is -0.846. The number of aromatic nitrogens is 7. The number of carboxylic acids is 1. The number of esters is 1. The molecule has 0 radical (unpaired) electrons. The van der Waals surface area contributed by atoms with E-state index in [4.69, 9.17) is 63.7 Å². The van der Waals surface area contributed by atoms with Crippen molar-refractivity contribution in [2.24, 2.45) is 0 Å². The summed E-state index contributed by atoms with van der Waals surface area (Å²) in [6, 6.07) is 62.6. The van der Waals surface area contributed by atoms with Crippen LogP contribution in [0.1, 0.15) is 119 Å². The van der Waals surface area contributed by atoms with E-state index in [9.17, 15) is 29.1 Å². The van der Waals surface area contributed by atoms with Crippen molar-refractivity contribution in [1.29, 1.82) is 0 Å². The van der Waals surface area contributed by atoms with Gasteiger partial charge in [-0.15, -0.1) is 29.8 Å². The number of nitrogens with zero attached hydrogens (tertiary/aromatic N) is 6. The van der Waals surface area contributed by atoms with Crippen LogP contribution in [0.25, 0.3) is 49.7 Å². The molecular weight excluding hydrogens is 1760 g/mol. The maximum atomic E-state index is 13.9. The van der Waals surface area contributed by atoms with Crippen LogP contribution in [0.15, 0.2) is 206 Å². The van der Waals surface area contributed by atoms with E-state index in [2.05, 4.69) is 81.2 Å². The number of rotatable bonds is 12. The predicted octanol–water partition coefficient (Wildman–Crippen LogP) is 12.5. The molecule has 0 bridgehead atoms. The number of likely N-dealkylation sites (N-methyl/N-ethyl adjacent to an activating group) is 2. The third-order valence-electron chi connectivity index (χ3n) is 23.4. The SMILES string of the molecule is C.C.C.CN(C)C(=O)[C@H]1Cc2c([nH]c3ccccc23)[C@@H](c2ccc3c(c2)OCO3)N1.CN(C)C(=O)[C@H]1Cc2c([nH]c3ccccc23)[C@@H](c2ccc3c(c2)OCO3)N1C(=O)/C=C/c1ccccc1.COC(=O)[C@H]1Cc2c([nH]c3ccccc23)[C@@H](c2ccc3c(c2)OCO3)N1.COc1nc(Cl)nc(OC)n1.Cl.Cl.O=C(O)[C@H]1Cc2c([nH]c3ccccc23)[C@@H](c2ccc3c(c2)OCO3)N1.[Li+].[OH-]. The molecule has 9 aromatic carbocycles. The number of para-hydroxylation sites is 4. The average molecular weight is 1860 g/mol. The molecule has 133 heavy (non-hydrogen) atoms. The summed E-state index contributed by atoms with van der Waals surface area (Å²) in [4.78, 5) is 94.2. The number of benzene rings is 9. The quantitative estimate of drug-likeness (QED) is 0.0320. The zero-order chi connectivity index (χ0) is 87.0. The minimum absolute atomic E-state index is 0. The van der Waals surface area contributed by atoms with E-state index >= 15 is 0 Å². The molecular formula is C98H103Cl3LiN13O18. The second-order valence-electron chi connectivity index (χ2n) is 31.3. The van der Waals surface area contributed by atoms with Crippen molar-refractivity contribution >= 4 is 116 Å². The van der Waals surface area contributed by atoms with Gasteiger partial charge in [0.25, 0.3) is 0 Å². The molecule has 13 heterocycles. The van der Waals surface area contributed by atoms with Gasteiger partial charge in [0, 0.05) is 120 Å². The smallest absolute Gasteiger partial charge is 0.870 e. The second-order valence-corrected chi connectivity index (χ2v) is 31.6. The van der Waals surface area contributed by atoms with Gasteiger partial charge in [-0.2, -0.15) is 9.97 Å². The van der Waals surface area contributed by atoms with Crippen LogP contribution in [-0.4, -0.2) is 191 Å². The van der Waals surface area contributed by atoms with Gasteiger partial charge in [0.2, 0.25) is 50.2 Å². The summed E-state index contributed by atoms with van der Waals surface area (Å²) in [6.07, 6.45) is 5.47. The average Bonchev–Trinajstić information content (AvgIpc) is 1.60.